The van der Waals surface area contributed by atoms with Gasteiger partial charge in [-0.15, -0.1) is 21.5 Å². The monoisotopic (exact) mass is 353 g/mol. The van der Waals surface area contributed by atoms with E-state index in [1.54, 1.807) is 19.9 Å². The summed E-state index contributed by atoms with van der Waals surface area (Å²) in [6, 6.07) is 6.91. The zero-order valence-corrected chi connectivity index (χ0v) is 13.8. The highest BCUT2D eigenvalue weighted by Crippen LogP contribution is 2.31. The summed E-state index contributed by atoms with van der Waals surface area (Å²) < 4.78 is 45.8. The molecule has 1 aromatic carbocycles. The van der Waals surface area contributed by atoms with Crippen LogP contribution in [0.2, 0.25) is 0 Å². The van der Waals surface area contributed by atoms with Crippen molar-refractivity contribution in [1.29, 1.82) is 0 Å². The normalized spacial score (nSPS) is 11.6. The number of thiophene rings is 1. The number of hydrogen-bond donors (Lipinski definition) is 1. The number of nitrogens with zero attached hydrogens (tertiary/aromatic N) is 2. The molecule has 120 valence electrons. The Kier molecular flexibility index (Phi) is 3.90. The van der Waals surface area contributed by atoms with Gasteiger partial charge in [-0.1, -0.05) is 0 Å². The maximum absolute atomic E-state index is 13.1. The van der Waals surface area contributed by atoms with Gasteiger partial charge in [0.25, 0.3) is 15.9 Å². The molecule has 6 nitrogen and oxygen atoms in total. The first-order chi connectivity index (χ1) is 10.8. The molecule has 0 fully saturated rings. The van der Waals surface area contributed by atoms with E-state index < -0.39 is 15.8 Å². The molecule has 0 bridgehead atoms. The number of benzene rings is 1. The van der Waals surface area contributed by atoms with Crippen LogP contribution in [-0.2, 0) is 10.0 Å². The molecule has 2 heterocycles. The summed E-state index contributed by atoms with van der Waals surface area (Å²) in [7, 11) is -3.77. The first-order valence-corrected chi connectivity index (χ1v) is 8.84. The summed E-state index contributed by atoms with van der Waals surface area (Å²) in [5.74, 6) is 0.250. The molecule has 1 N–H and O–H groups in total. The number of aryl methyl sites for hydroxylation is 2. The molecule has 0 radical (unpaired) electrons. The van der Waals surface area contributed by atoms with Crippen LogP contribution in [0, 0.1) is 19.7 Å². The highest BCUT2D eigenvalue weighted by atomic mass is 32.2. The predicted octanol–water partition coefficient (Wildman–Crippen LogP) is 3.35. The van der Waals surface area contributed by atoms with Crippen LogP contribution < -0.4 is 4.72 Å². The Labute approximate surface area is 136 Å². The van der Waals surface area contributed by atoms with Crippen molar-refractivity contribution in [3.05, 3.63) is 47.6 Å². The SMILES string of the molecule is Cc1nnc(-c2ccc(S(=O)(=O)Nc3ccc(F)cc3C)s2)o1. The fourth-order valence-corrected chi connectivity index (χ4v) is 4.27. The molecule has 0 amide bonds. The summed E-state index contributed by atoms with van der Waals surface area (Å²) in [6.07, 6.45) is 0. The highest BCUT2D eigenvalue weighted by molar-refractivity contribution is 7.94. The van der Waals surface area contributed by atoms with Crippen LogP contribution in [0.3, 0.4) is 0 Å². The van der Waals surface area contributed by atoms with Gasteiger partial charge in [0.2, 0.25) is 5.89 Å². The number of hydrogen-bond acceptors (Lipinski definition) is 6. The van der Waals surface area contributed by atoms with Gasteiger partial charge in [-0.3, -0.25) is 4.72 Å². The second-order valence-corrected chi connectivity index (χ2v) is 7.80. The molecule has 0 saturated heterocycles. The van der Waals surface area contributed by atoms with Gasteiger partial charge < -0.3 is 4.42 Å². The Bertz CT molecular complexity index is 963. The van der Waals surface area contributed by atoms with Gasteiger partial charge in [0.05, 0.1) is 10.6 Å². The van der Waals surface area contributed by atoms with Crippen LogP contribution in [0.25, 0.3) is 10.8 Å². The lowest BCUT2D eigenvalue weighted by Crippen LogP contribution is -2.12. The minimum atomic E-state index is -3.77. The summed E-state index contributed by atoms with van der Waals surface area (Å²) in [5.41, 5.74) is 0.827. The van der Waals surface area contributed by atoms with E-state index in [-0.39, 0.29) is 10.1 Å². The van der Waals surface area contributed by atoms with E-state index in [1.807, 2.05) is 0 Å². The molecule has 23 heavy (non-hydrogen) atoms. The van der Waals surface area contributed by atoms with Crippen LogP contribution in [0.15, 0.2) is 39.0 Å². The van der Waals surface area contributed by atoms with E-state index in [9.17, 15) is 12.8 Å². The minimum Gasteiger partial charge on any atom is -0.420 e. The van der Waals surface area contributed by atoms with Crippen molar-refractivity contribution in [3.63, 3.8) is 0 Å². The first-order valence-electron chi connectivity index (χ1n) is 6.54. The quantitative estimate of drug-likeness (QED) is 0.777. The molecule has 3 rings (SSSR count). The zero-order valence-electron chi connectivity index (χ0n) is 12.2. The van der Waals surface area contributed by atoms with Crippen molar-refractivity contribution in [2.45, 2.75) is 18.1 Å². The summed E-state index contributed by atoms with van der Waals surface area (Å²) in [6.45, 7) is 3.28. The molecule has 0 atom stereocenters. The Balaban J connectivity index is 1.89. The van der Waals surface area contributed by atoms with Gasteiger partial charge in [0.15, 0.2) is 0 Å². The van der Waals surface area contributed by atoms with Crippen molar-refractivity contribution in [3.8, 4) is 10.8 Å². The molecule has 0 saturated carbocycles. The molecular formula is C14H12FN3O3S2. The fourth-order valence-electron chi connectivity index (χ4n) is 1.91. The highest BCUT2D eigenvalue weighted by Gasteiger charge is 2.20. The third-order valence-corrected chi connectivity index (χ3v) is 5.95. The average molecular weight is 353 g/mol. The van der Waals surface area contributed by atoms with Crippen LogP contribution >= 0.6 is 11.3 Å². The van der Waals surface area contributed by atoms with E-state index in [4.69, 9.17) is 4.42 Å². The van der Waals surface area contributed by atoms with Crippen molar-refractivity contribution >= 4 is 27.0 Å². The first kappa shape index (κ1) is 15.6. The molecule has 0 aliphatic carbocycles. The second-order valence-electron chi connectivity index (χ2n) is 4.81. The van der Waals surface area contributed by atoms with Gasteiger partial charge in [0.1, 0.15) is 10.0 Å². The molecule has 9 heteroatoms. The van der Waals surface area contributed by atoms with Gasteiger partial charge in [-0.05, 0) is 42.8 Å². The zero-order chi connectivity index (χ0) is 16.6. The number of halogens is 1. The summed E-state index contributed by atoms with van der Waals surface area (Å²) >= 11 is 1.01. The smallest absolute Gasteiger partial charge is 0.271 e. The van der Waals surface area contributed by atoms with Crippen molar-refractivity contribution in [1.82, 2.24) is 10.2 Å². The largest absolute Gasteiger partial charge is 0.420 e. The van der Waals surface area contributed by atoms with Crippen LogP contribution in [-0.4, -0.2) is 18.6 Å². The molecule has 2 aromatic heterocycles. The van der Waals surface area contributed by atoms with E-state index in [0.29, 0.717) is 22.0 Å². The third-order valence-electron chi connectivity index (χ3n) is 3.02. The Morgan fingerprint density at radius 3 is 2.61 bits per heavy atom. The number of rotatable bonds is 4. The molecular weight excluding hydrogens is 341 g/mol. The van der Waals surface area contributed by atoms with Crippen molar-refractivity contribution < 1.29 is 17.2 Å². The number of sulfonamides is 1. The molecule has 3 aromatic rings. The van der Waals surface area contributed by atoms with Crippen molar-refractivity contribution in [2.24, 2.45) is 0 Å². The number of anilines is 1. The lowest BCUT2D eigenvalue weighted by molar-refractivity contribution is 0.534. The standard InChI is InChI=1S/C14H12FN3O3S2/c1-8-7-10(15)3-4-11(8)18-23(19,20)13-6-5-12(22-13)14-17-16-9(2)21-14/h3-7,18H,1-2H3. The van der Waals surface area contributed by atoms with Crippen molar-refractivity contribution in [2.75, 3.05) is 4.72 Å². The number of nitrogens with one attached hydrogen (secondary N) is 1. The van der Waals surface area contributed by atoms with E-state index in [2.05, 4.69) is 14.9 Å². The molecule has 0 aliphatic heterocycles. The van der Waals surface area contributed by atoms with Crippen LogP contribution in [0.1, 0.15) is 11.5 Å². The Hall–Kier alpha value is -2.26. The van der Waals surface area contributed by atoms with Gasteiger partial charge in [-0.25, -0.2) is 12.8 Å². The number of aromatic nitrogens is 2. The van der Waals surface area contributed by atoms with E-state index in [1.165, 1.54) is 24.3 Å². The minimum absolute atomic E-state index is 0.104. The van der Waals surface area contributed by atoms with Crippen LogP contribution in [0.4, 0.5) is 10.1 Å². The van der Waals surface area contributed by atoms with Gasteiger partial charge in [-0.2, -0.15) is 0 Å². The lowest BCUT2D eigenvalue weighted by Gasteiger charge is -2.09. The van der Waals surface area contributed by atoms with E-state index >= 15 is 0 Å². The Morgan fingerprint density at radius 1 is 1.17 bits per heavy atom. The topological polar surface area (TPSA) is 85.1 Å². The summed E-state index contributed by atoms with van der Waals surface area (Å²) in [5, 5.41) is 7.57. The fraction of sp³-hybridized carbons (Fsp3) is 0.143. The molecule has 0 aliphatic rings. The molecule has 0 spiro atoms. The maximum atomic E-state index is 13.1. The average Bonchev–Trinajstić information content (AvgIpc) is 3.10. The van der Waals surface area contributed by atoms with E-state index in [0.717, 1.165) is 11.3 Å². The van der Waals surface area contributed by atoms with Crippen LogP contribution in [0.5, 0.6) is 0 Å². The summed E-state index contributed by atoms with van der Waals surface area (Å²) in [4.78, 5) is 0.557. The Morgan fingerprint density at radius 2 is 1.96 bits per heavy atom. The lowest BCUT2D eigenvalue weighted by atomic mass is 10.2. The van der Waals surface area contributed by atoms with Gasteiger partial charge >= 0.3 is 0 Å². The third kappa shape index (κ3) is 3.25. The molecule has 0 unspecified atom stereocenters. The van der Waals surface area contributed by atoms with Gasteiger partial charge in [0, 0.05) is 6.92 Å². The maximum Gasteiger partial charge on any atom is 0.271 e. The predicted molar refractivity (Wildman–Crippen MR) is 84.3 cm³/mol. The second kappa shape index (κ2) is 5.74.